The predicted molar refractivity (Wildman–Crippen MR) is 133 cm³/mol. The van der Waals surface area contributed by atoms with Gasteiger partial charge in [0.25, 0.3) is 5.91 Å². The van der Waals surface area contributed by atoms with Gasteiger partial charge in [-0.3, -0.25) is 20.0 Å². The Morgan fingerprint density at radius 2 is 1.97 bits per heavy atom. The first-order valence-electron chi connectivity index (χ1n) is 10.6. The van der Waals surface area contributed by atoms with E-state index in [-0.39, 0.29) is 63.5 Å². The largest absolute Gasteiger partial charge is 1.00 e. The minimum atomic E-state index is -1.75. The quantitative estimate of drug-likeness (QED) is 0.289. The van der Waals surface area contributed by atoms with E-state index in [0.717, 1.165) is 22.4 Å². The fourth-order valence-electron chi connectivity index (χ4n) is 3.41. The van der Waals surface area contributed by atoms with Gasteiger partial charge in [0.15, 0.2) is 0 Å². The smallest absolute Gasteiger partial charge is 0.686 e. The molecule has 0 spiro atoms. The normalized spacial score (nSPS) is 14.2. The zero-order chi connectivity index (χ0) is 26.4. The van der Waals surface area contributed by atoms with E-state index in [4.69, 9.17) is 10.2 Å². The van der Waals surface area contributed by atoms with Gasteiger partial charge in [-0.15, -0.1) is 12.7 Å². The van der Waals surface area contributed by atoms with E-state index in [1.807, 2.05) is 25.1 Å². The van der Waals surface area contributed by atoms with E-state index in [0.29, 0.717) is 30.8 Å². The van der Waals surface area contributed by atoms with Gasteiger partial charge in [-0.05, 0) is 54.3 Å². The molecule has 2 aromatic rings. The van der Waals surface area contributed by atoms with Crippen LogP contribution in [0.4, 0.5) is 18.9 Å². The number of rotatable bonds is 6. The third kappa shape index (κ3) is 10.4. The number of benzene rings is 1. The maximum atomic E-state index is 13.6. The fourth-order valence-corrected chi connectivity index (χ4v) is 3.41. The molecule has 0 saturated carbocycles. The molecule has 8 nitrogen and oxygen atoms in total. The van der Waals surface area contributed by atoms with E-state index >= 15 is 0 Å². The molecule has 1 aliphatic heterocycles. The Hall–Kier alpha value is -2.25. The van der Waals surface area contributed by atoms with Gasteiger partial charge in [-0.25, -0.2) is 13.2 Å². The molecule has 1 saturated heterocycles. The first-order valence-corrected chi connectivity index (χ1v) is 10.6. The Morgan fingerprint density at radius 1 is 1.33 bits per heavy atom. The molecule has 1 aliphatic rings. The van der Waals surface area contributed by atoms with Crippen molar-refractivity contribution in [2.45, 2.75) is 19.5 Å². The number of hydrogen-bond donors (Lipinski definition) is 3. The molecule has 0 radical (unpaired) electrons. The number of aryl methyl sites for hydroxylation is 1. The number of pyridine rings is 1. The number of primary amides is 1. The Bertz CT molecular complexity index is 1040. The van der Waals surface area contributed by atoms with E-state index in [2.05, 4.69) is 32.3 Å². The fraction of sp³-hybridized carbons (Fsp3) is 0.333. The van der Waals surface area contributed by atoms with Crippen molar-refractivity contribution in [2.75, 3.05) is 39.0 Å². The van der Waals surface area contributed by atoms with Crippen LogP contribution in [-0.2, 0) is 9.59 Å². The number of aromatic nitrogens is 1. The monoisotopic (exact) mass is 530 g/mol. The number of carbonyl (C=O) groups is 2. The average Bonchev–Trinajstić information content (AvgIpc) is 3.29. The number of alkyl halides is 3. The van der Waals surface area contributed by atoms with Crippen molar-refractivity contribution in [3.05, 3.63) is 59.2 Å². The minimum Gasteiger partial charge on any atom is -0.686 e. The molecule has 1 atom stereocenters. The maximum Gasteiger partial charge on any atom is 1.00 e. The first kappa shape index (κ1) is 33.7. The molecule has 4 N–H and O–H groups in total. The second kappa shape index (κ2) is 18.1. The Kier molecular flexibility index (Phi) is 16.9. The summed E-state index contributed by atoms with van der Waals surface area (Å²) in [4.78, 5) is 26.6. The van der Waals surface area contributed by atoms with Crippen LogP contribution in [0.1, 0.15) is 17.5 Å². The zero-order valence-electron chi connectivity index (χ0n) is 20.9. The van der Waals surface area contributed by atoms with Crippen molar-refractivity contribution in [1.82, 2.24) is 10.3 Å². The van der Waals surface area contributed by atoms with Crippen LogP contribution in [0.25, 0.3) is 22.1 Å². The molecule has 1 fully saturated rings. The van der Waals surface area contributed by atoms with Crippen molar-refractivity contribution in [1.29, 1.82) is 5.41 Å². The number of carbonyl (C=O) groups excluding carboxylic acids is 2. The van der Waals surface area contributed by atoms with E-state index in [1.165, 1.54) is 13.1 Å². The summed E-state index contributed by atoms with van der Waals surface area (Å²) in [7, 11) is 3.10. The van der Waals surface area contributed by atoms with Gasteiger partial charge in [0.2, 0.25) is 13.3 Å². The number of nitrogens with one attached hydrogen (secondary N) is 2. The van der Waals surface area contributed by atoms with Crippen LogP contribution in [0.15, 0.2) is 42.7 Å². The Labute approximate surface area is 251 Å². The summed E-state index contributed by atoms with van der Waals surface area (Å²) in [6.45, 7) is 1.41. The van der Waals surface area contributed by atoms with Crippen molar-refractivity contribution in [2.24, 2.45) is 5.73 Å². The van der Waals surface area contributed by atoms with E-state index < -0.39 is 19.0 Å². The summed E-state index contributed by atoms with van der Waals surface area (Å²) in [5.74, 6) is -0.476. The van der Waals surface area contributed by atoms with Crippen LogP contribution < -0.4 is 67.3 Å². The summed E-state index contributed by atoms with van der Waals surface area (Å²) >= 11 is 0. The number of halogens is 3. The van der Waals surface area contributed by atoms with Crippen molar-refractivity contribution in [3.63, 3.8) is 0 Å². The van der Waals surface area contributed by atoms with Gasteiger partial charge in [-0.1, -0.05) is 6.07 Å². The van der Waals surface area contributed by atoms with Gasteiger partial charge in [-0.2, -0.15) is 0 Å². The summed E-state index contributed by atoms with van der Waals surface area (Å²) in [5, 5.41) is 14.5. The molecule has 0 bridgehead atoms. The molecule has 1 aromatic carbocycles. The molecule has 2 heterocycles. The number of nitrogens with zero attached hydrogens (tertiary/aromatic N) is 3. The van der Waals surface area contributed by atoms with Crippen molar-refractivity contribution >= 4 is 29.4 Å². The van der Waals surface area contributed by atoms with Gasteiger partial charge in [0.05, 0.1) is 0 Å². The standard InChI is InChI=1S/C22H26FN5O.CH2F2.CH3NO.K/c1-14-4-5-18(28-7-6-17(23)13-28)9-19(14)15-8-16(12-27-11-15)21(25-2)10-20(24)22(29)26-3;2*2-1-3;/h4-5,8-12,17H,6-7,13H2,1-3H3,(H3,24,25,26,29);1H2;1H,(H2,2,3);/q;;;+1/p-1. The molecule has 1 aromatic heterocycles. The number of hydrogen-bond acceptors (Lipinski definition) is 5. The molecular formula is C24H30F3KN6O2. The van der Waals surface area contributed by atoms with Gasteiger partial charge < -0.3 is 21.3 Å². The average molecular weight is 531 g/mol. The predicted octanol–water partition coefficient (Wildman–Crippen LogP) is 0.704. The van der Waals surface area contributed by atoms with Crippen LogP contribution in [0.3, 0.4) is 0 Å². The van der Waals surface area contributed by atoms with Crippen LogP contribution >= 0.6 is 0 Å². The van der Waals surface area contributed by atoms with Gasteiger partial charge >= 0.3 is 51.4 Å². The summed E-state index contributed by atoms with van der Waals surface area (Å²) < 4.78 is 32.9. The molecule has 0 aliphatic carbocycles. The van der Waals surface area contributed by atoms with E-state index in [9.17, 15) is 18.0 Å². The topological polar surface area (TPSA) is 126 Å². The van der Waals surface area contributed by atoms with Crippen LogP contribution in [0, 0.1) is 12.3 Å². The summed E-state index contributed by atoms with van der Waals surface area (Å²) in [5.41, 5.74) is 9.20. The number of nitrogens with two attached hydrogens (primary N) is 1. The third-order valence-electron chi connectivity index (χ3n) is 5.06. The molecule has 190 valence electrons. The Balaban J connectivity index is 0.00000159. The molecule has 12 heteroatoms. The minimum absolute atomic E-state index is 0. The van der Waals surface area contributed by atoms with Crippen LogP contribution in [0.5, 0.6) is 0 Å². The zero-order valence-corrected chi connectivity index (χ0v) is 24.0. The number of anilines is 1. The number of amides is 2. The molecule has 1 unspecified atom stereocenters. The van der Waals surface area contributed by atoms with Crippen LogP contribution in [-0.4, -0.2) is 63.3 Å². The molecule has 2 amide bonds. The van der Waals surface area contributed by atoms with Gasteiger partial charge in [0.1, 0.15) is 11.9 Å². The SMILES string of the molecule is C[N-]/C(=C\C(=N)C(=O)NC)c1cncc(-c2cc(N3CCC(F)C3)ccc2C)c1.FCF.NC=O.[K+]. The molecule has 3 rings (SSSR count). The maximum absolute atomic E-state index is 13.6. The Morgan fingerprint density at radius 3 is 2.50 bits per heavy atom. The molecule has 36 heavy (non-hydrogen) atoms. The van der Waals surface area contributed by atoms with Crippen LogP contribution in [0.2, 0.25) is 0 Å². The summed E-state index contributed by atoms with van der Waals surface area (Å²) in [6.07, 6.45) is 4.89. The second-order valence-corrected chi connectivity index (χ2v) is 7.28. The van der Waals surface area contributed by atoms with E-state index in [1.54, 1.807) is 19.4 Å². The molecular weight excluding hydrogens is 500 g/mol. The second-order valence-electron chi connectivity index (χ2n) is 7.28. The third-order valence-corrected chi connectivity index (χ3v) is 5.06. The first-order chi connectivity index (χ1) is 16.8. The van der Waals surface area contributed by atoms with Gasteiger partial charge in [0, 0.05) is 43.8 Å². The van der Waals surface area contributed by atoms with Crippen molar-refractivity contribution in [3.8, 4) is 11.1 Å². The van der Waals surface area contributed by atoms with Crippen molar-refractivity contribution < 1.29 is 74.1 Å². The summed E-state index contributed by atoms with van der Waals surface area (Å²) in [6, 6.07) is 8.06.